The summed E-state index contributed by atoms with van der Waals surface area (Å²) in [4.78, 5) is 5.12. The van der Waals surface area contributed by atoms with Gasteiger partial charge in [0, 0.05) is 31.6 Å². The number of likely N-dealkylation sites (tertiary alicyclic amines) is 2. The second kappa shape index (κ2) is 5.28. The Morgan fingerprint density at radius 3 is 2.53 bits per heavy atom. The van der Waals surface area contributed by atoms with Gasteiger partial charge in [0.25, 0.3) is 0 Å². The Morgan fingerprint density at radius 2 is 1.87 bits per heavy atom. The van der Waals surface area contributed by atoms with Crippen molar-refractivity contribution < 1.29 is 0 Å². The van der Waals surface area contributed by atoms with Crippen LogP contribution in [0.2, 0.25) is 0 Å². The Hall–Kier alpha value is -0.120. The van der Waals surface area contributed by atoms with E-state index in [2.05, 4.69) is 29.2 Å². The van der Waals surface area contributed by atoms with Crippen molar-refractivity contribution in [1.82, 2.24) is 15.1 Å². The van der Waals surface area contributed by atoms with Crippen LogP contribution in [0.4, 0.5) is 0 Å². The summed E-state index contributed by atoms with van der Waals surface area (Å²) in [5.41, 5.74) is 0. The Labute approximate surface area is 93.8 Å². The van der Waals surface area contributed by atoms with Crippen LogP contribution >= 0.6 is 0 Å². The Kier molecular flexibility index (Phi) is 4.00. The standard InChI is InChI=1S/C12H25N3/c1-13-12-10-14(2)8-11(12)9-15-6-4-3-5-7-15/h11-13H,3-10H2,1-2H3. The van der Waals surface area contributed by atoms with Crippen LogP contribution in [-0.2, 0) is 0 Å². The highest BCUT2D eigenvalue weighted by Crippen LogP contribution is 2.18. The van der Waals surface area contributed by atoms with Gasteiger partial charge in [-0.1, -0.05) is 6.42 Å². The lowest BCUT2D eigenvalue weighted by Gasteiger charge is -2.30. The van der Waals surface area contributed by atoms with E-state index in [1.165, 1.54) is 52.0 Å². The number of rotatable bonds is 3. The highest BCUT2D eigenvalue weighted by molar-refractivity contribution is 4.88. The smallest absolute Gasteiger partial charge is 0.0244 e. The quantitative estimate of drug-likeness (QED) is 0.738. The molecule has 15 heavy (non-hydrogen) atoms. The molecule has 2 aliphatic rings. The zero-order chi connectivity index (χ0) is 10.7. The molecule has 0 spiro atoms. The van der Waals surface area contributed by atoms with Crippen molar-refractivity contribution >= 4 is 0 Å². The van der Waals surface area contributed by atoms with Crippen molar-refractivity contribution in [3.05, 3.63) is 0 Å². The molecule has 0 aromatic heterocycles. The van der Waals surface area contributed by atoms with Crippen LogP contribution in [0.5, 0.6) is 0 Å². The van der Waals surface area contributed by atoms with Crippen molar-refractivity contribution in [2.45, 2.75) is 25.3 Å². The lowest BCUT2D eigenvalue weighted by molar-refractivity contribution is 0.188. The van der Waals surface area contributed by atoms with E-state index >= 15 is 0 Å². The van der Waals surface area contributed by atoms with E-state index in [1.807, 2.05) is 0 Å². The van der Waals surface area contributed by atoms with E-state index in [1.54, 1.807) is 0 Å². The second-order valence-electron chi connectivity index (χ2n) is 5.24. The molecule has 0 aliphatic carbocycles. The number of likely N-dealkylation sites (N-methyl/N-ethyl adjacent to an activating group) is 2. The van der Waals surface area contributed by atoms with Gasteiger partial charge in [-0.3, -0.25) is 0 Å². The van der Waals surface area contributed by atoms with Crippen LogP contribution in [0, 0.1) is 5.92 Å². The molecule has 0 aromatic carbocycles. The van der Waals surface area contributed by atoms with Gasteiger partial charge < -0.3 is 15.1 Å². The van der Waals surface area contributed by atoms with Crippen LogP contribution in [0.1, 0.15) is 19.3 Å². The predicted molar refractivity (Wildman–Crippen MR) is 64.1 cm³/mol. The molecule has 2 rings (SSSR count). The molecule has 2 saturated heterocycles. The van der Waals surface area contributed by atoms with Crippen molar-refractivity contribution in [1.29, 1.82) is 0 Å². The molecular formula is C12H25N3. The van der Waals surface area contributed by atoms with E-state index < -0.39 is 0 Å². The van der Waals surface area contributed by atoms with Crippen LogP contribution in [0.25, 0.3) is 0 Å². The van der Waals surface area contributed by atoms with Crippen LogP contribution in [-0.4, -0.2) is 62.7 Å². The number of hydrogen-bond donors (Lipinski definition) is 1. The molecule has 3 heteroatoms. The van der Waals surface area contributed by atoms with E-state index in [4.69, 9.17) is 0 Å². The third-order valence-electron chi connectivity index (χ3n) is 3.94. The normalized spacial score (nSPS) is 34.8. The summed E-state index contributed by atoms with van der Waals surface area (Å²) in [6.07, 6.45) is 4.26. The lowest BCUT2D eigenvalue weighted by atomic mass is 10.0. The molecule has 2 fully saturated rings. The van der Waals surface area contributed by atoms with Gasteiger partial charge in [-0.2, -0.15) is 0 Å². The number of piperidine rings is 1. The van der Waals surface area contributed by atoms with Gasteiger partial charge >= 0.3 is 0 Å². The number of nitrogens with one attached hydrogen (secondary N) is 1. The molecule has 0 saturated carbocycles. The lowest BCUT2D eigenvalue weighted by Crippen LogP contribution is -2.41. The van der Waals surface area contributed by atoms with Crippen molar-refractivity contribution in [3.63, 3.8) is 0 Å². The monoisotopic (exact) mass is 211 g/mol. The first-order chi connectivity index (χ1) is 7.29. The molecule has 0 amide bonds. The van der Waals surface area contributed by atoms with Gasteiger partial charge in [-0.05, 0) is 40.0 Å². The topological polar surface area (TPSA) is 18.5 Å². The Morgan fingerprint density at radius 1 is 1.13 bits per heavy atom. The molecule has 88 valence electrons. The number of hydrogen-bond acceptors (Lipinski definition) is 3. The molecule has 0 aromatic rings. The minimum Gasteiger partial charge on any atom is -0.315 e. The Balaban J connectivity index is 1.81. The van der Waals surface area contributed by atoms with Crippen molar-refractivity contribution in [2.75, 3.05) is 46.8 Å². The molecule has 3 nitrogen and oxygen atoms in total. The summed E-state index contributed by atoms with van der Waals surface area (Å²) in [5, 5.41) is 3.47. The highest BCUT2D eigenvalue weighted by atomic mass is 15.2. The summed E-state index contributed by atoms with van der Waals surface area (Å²) in [5.74, 6) is 0.832. The van der Waals surface area contributed by atoms with E-state index in [0.717, 1.165) is 5.92 Å². The summed E-state index contributed by atoms with van der Waals surface area (Å²) in [6.45, 7) is 6.44. The summed E-state index contributed by atoms with van der Waals surface area (Å²) >= 11 is 0. The van der Waals surface area contributed by atoms with E-state index in [-0.39, 0.29) is 0 Å². The fourth-order valence-corrected chi connectivity index (χ4v) is 3.07. The van der Waals surface area contributed by atoms with Crippen molar-refractivity contribution in [3.8, 4) is 0 Å². The van der Waals surface area contributed by atoms with E-state index in [9.17, 15) is 0 Å². The predicted octanol–water partition coefficient (Wildman–Crippen LogP) is 0.622. The minimum absolute atomic E-state index is 0.705. The average Bonchev–Trinajstić information content (AvgIpc) is 2.60. The fourth-order valence-electron chi connectivity index (χ4n) is 3.07. The van der Waals surface area contributed by atoms with Gasteiger partial charge in [0.2, 0.25) is 0 Å². The van der Waals surface area contributed by atoms with Gasteiger partial charge in [0.1, 0.15) is 0 Å². The van der Waals surface area contributed by atoms with Gasteiger partial charge in [0.05, 0.1) is 0 Å². The SMILES string of the molecule is CNC1CN(C)CC1CN1CCCCC1. The second-order valence-corrected chi connectivity index (χ2v) is 5.24. The molecule has 0 bridgehead atoms. The third-order valence-corrected chi connectivity index (χ3v) is 3.94. The maximum Gasteiger partial charge on any atom is 0.0244 e. The molecular weight excluding hydrogens is 186 g/mol. The van der Waals surface area contributed by atoms with E-state index in [0.29, 0.717) is 6.04 Å². The molecule has 2 unspecified atom stereocenters. The first-order valence-corrected chi connectivity index (χ1v) is 6.38. The first-order valence-electron chi connectivity index (χ1n) is 6.38. The molecule has 1 N–H and O–H groups in total. The summed E-state index contributed by atoms with van der Waals surface area (Å²) in [6, 6.07) is 0.705. The highest BCUT2D eigenvalue weighted by Gasteiger charge is 2.30. The average molecular weight is 211 g/mol. The van der Waals surface area contributed by atoms with Gasteiger partial charge in [-0.15, -0.1) is 0 Å². The first kappa shape index (κ1) is 11.4. The van der Waals surface area contributed by atoms with Crippen LogP contribution < -0.4 is 5.32 Å². The minimum atomic E-state index is 0.705. The molecule has 2 atom stereocenters. The zero-order valence-corrected chi connectivity index (χ0v) is 10.2. The maximum atomic E-state index is 3.47. The largest absolute Gasteiger partial charge is 0.315 e. The van der Waals surface area contributed by atoms with Crippen molar-refractivity contribution in [2.24, 2.45) is 5.92 Å². The van der Waals surface area contributed by atoms with Crippen LogP contribution in [0.3, 0.4) is 0 Å². The van der Waals surface area contributed by atoms with Gasteiger partial charge in [-0.25, -0.2) is 0 Å². The number of nitrogens with zero attached hydrogens (tertiary/aromatic N) is 2. The van der Waals surface area contributed by atoms with Gasteiger partial charge in [0.15, 0.2) is 0 Å². The fraction of sp³-hybridized carbons (Fsp3) is 1.00. The molecule has 2 heterocycles. The zero-order valence-electron chi connectivity index (χ0n) is 10.2. The molecule has 0 radical (unpaired) electrons. The van der Waals surface area contributed by atoms with Crippen LogP contribution in [0.15, 0.2) is 0 Å². The maximum absolute atomic E-state index is 3.47. The summed E-state index contributed by atoms with van der Waals surface area (Å²) < 4.78 is 0. The third kappa shape index (κ3) is 2.92. The Bertz CT molecular complexity index is 189. The summed E-state index contributed by atoms with van der Waals surface area (Å²) in [7, 11) is 4.34. The molecule has 2 aliphatic heterocycles.